The van der Waals surface area contributed by atoms with Gasteiger partial charge in [-0.05, 0) is 60.8 Å². The first-order valence-electron chi connectivity index (χ1n) is 8.55. The zero-order valence-electron chi connectivity index (χ0n) is 15.1. The van der Waals surface area contributed by atoms with E-state index >= 15 is 0 Å². The third-order valence-corrected chi connectivity index (χ3v) is 4.79. The number of para-hydroxylation sites is 1. The molecule has 0 spiro atoms. The van der Waals surface area contributed by atoms with E-state index in [-0.39, 0.29) is 0 Å². The average molecular weight is 310 g/mol. The molecule has 2 nitrogen and oxygen atoms in total. The number of anilines is 2. The molecular formula is C21H30N2. The van der Waals surface area contributed by atoms with Gasteiger partial charge in [0.1, 0.15) is 0 Å². The zero-order chi connectivity index (χ0) is 17.1. The molecule has 0 aliphatic carbocycles. The number of nitrogen functional groups attached to an aromatic ring is 2. The van der Waals surface area contributed by atoms with Gasteiger partial charge in [0.2, 0.25) is 0 Å². The third-order valence-electron chi connectivity index (χ3n) is 4.79. The summed E-state index contributed by atoms with van der Waals surface area (Å²) in [6, 6.07) is 10.8. The molecular weight excluding hydrogens is 280 g/mol. The number of benzene rings is 2. The van der Waals surface area contributed by atoms with Gasteiger partial charge in [-0.2, -0.15) is 0 Å². The Morgan fingerprint density at radius 2 is 1.57 bits per heavy atom. The first-order chi connectivity index (χ1) is 10.8. The number of aryl methyl sites for hydroxylation is 3. The van der Waals surface area contributed by atoms with Crippen LogP contribution in [0.15, 0.2) is 30.3 Å². The monoisotopic (exact) mass is 310 g/mol. The highest BCUT2D eigenvalue weighted by Crippen LogP contribution is 2.32. The predicted octanol–water partition coefficient (Wildman–Crippen LogP) is 5.33. The van der Waals surface area contributed by atoms with Crippen LogP contribution in [0.4, 0.5) is 11.4 Å². The fraction of sp³-hybridized carbons (Fsp3) is 0.429. The van der Waals surface area contributed by atoms with E-state index in [9.17, 15) is 0 Å². The zero-order valence-corrected chi connectivity index (χ0v) is 15.1. The quantitative estimate of drug-likeness (QED) is 0.734. The van der Waals surface area contributed by atoms with Gasteiger partial charge in [0.25, 0.3) is 0 Å². The van der Waals surface area contributed by atoms with Crippen LogP contribution in [0.3, 0.4) is 0 Å². The van der Waals surface area contributed by atoms with Gasteiger partial charge in [0.05, 0.1) is 0 Å². The molecule has 0 aliphatic rings. The van der Waals surface area contributed by atoms with Crippen molar-refractivity contribution >= 4 is 11.4 Å². The largest absolute Gasteiger partial charge is 0.398 e. The average Bonchev–Trinajstić information content (AvgIpc) is 2.49. The maximum absolute atomic E-state index is 6.41. The van der Waals surface area contributed by atoms with Crippen LogP contribution in [0.25, 0.3) is 0 Å². The van der Waals surface area contributed by atoms with Crippen LogP contribution in [-0.4, -0.2) is 0 Å². The Balaban J connectivity index is 2.18. The standard InChI is InChI=1S/C21H30N2/c1-13(2)18-7-6-8-19(21(18)23)15(4)9-10-17-12-14(3)11-16(5)20(17)22/h6-8,11-13,15H,9-10,22-23H2,1-5H3. The minimum Gasteiger partial charge on any atom is -0.398 e. The van der Waals surface area contributed by atoms with Crippen molar-refractivity contribution in [3.63, 3.8) is 0 Å². The van der Waals surface area contributed by atoms with Gasteiger partial charge in [0, 0.05) is 11.4 Å². The summed E-state index contributed by atoms with van der Waals surface area (Å²) in [7, 11) is 0. The Kier molecular flexibility index (Phi) is 5.35. The van der Waals surface area contributed by atoms with E-state index in [4.69, 9.17) is 11.5 Å². The minimum atomic E-state index is 0.425. The van der Waals surface area contributed by atoms with Crippen LogP contribution < -0.4 is 11.5 Å². The molecule has 0 saturated heterocycles. The minimum absolute atomic E-state index is 0.425. The van der Waals surface area contributed by atoms with Crippen molar-refractivity contribution < 1.29 is 0 Å². The number of nitrogens with two attached hydrogens (primary N) is 2. The summed E-state index contributed by atoms with van der Waals surface area (Å²) in [6.07, 6.45) is 2.04. The molecule has 0 fully saturated rings. The van der Waals surface area contributed by atoms with Crippen LogP contribution in [-0.2, 0) is 6.42 Å². The van der Waals surface area contributed by atoms with Crippen molar-refractivity contribution in [2.75, 3.05) is 11.5 Å². The molecule has 4 N–H and O–H groups in total. The fourth-order valence-electron chi connectivity index (χ4n) is 3.34. The maximum atomic E-state index is 6.41. The second-order valence-electron chi connectivity index (χ2n) is 7.10. The second-order valence-corrected chi connectivity index (χ2v) is 7.10. The lowest BCUT2D eigenvalue weighted by atomic mass is 9.88. The first-order valence-corrected chi connectivity index (χ1v) is 8.55. The van der Waals surface area contributed by atoms with Crippen LogP contribution in [0.5, 0.6) is 0 Å². The van der Waals surface area contributed by atoms with E-state index in [1.807, 2.05) is 0 Å². The highest BCUT2D eigenvalue weighted by molar-refractivity contribution is 5.57. The summed E-state index contributed by atoms with van der Waals surface area (Å²) in [5, 5.41) is 0. The van der Waals surface area contributed by atoms with Gasteiger partial charge in [-0.3, -0.25) is 0 Å². The Hall–Kier alpha value is -1.96. The van der Waals surface area contributed by atoms with Crippen LogP contribution in [0.2, 0.25) is 0 Å². The van der Waals surface area contributed by atoms with Crippen molar-refractivity contribution in [1.82, 2.24) is 0 Å². The summed E-state index contributed by atoms with van der Waals surface area (Å²) in [5.41, 5.74) is 20.8. The fourth-order valence-corrected chi connectivity index (χ4v) is 3.34. The first kappa shape index (κ1) is 17.4. The molecule has 2 aromatic carbocycles. The van der Waals surface area contributed by atoms with Crippen LogP contribution in [0.1, 0.15) is 66.8 Å². The molecule has 0 aromatic heterocycles. The van der Waals surface area contributed by atoms with E-state index in [2.05, 4.69) is 65.0 Å². The lowest BCUT2D eigenvalue weighted by Crippen LogP contribution is -2.06. The van der Waals surface area contributed by atoms with Crippen molar-refractivity contribution in [3.8, 4) is 0 Å². The van der Waals surface area contributed by atoms with E-state index in [1.54, 1.807) is 0 Å². The van der Waals surface area contributed by atoms with E-state index in [0.717, 1.165) is 24.2 Å². The number of hydrogen-bond acceptors (Lipinski definition) is 2. The summed E-state index contributed by atoms with van der Waals surface area (Å²) >= 11 is 0. The van der Waals surface area contributed by atoms with Gasteiger partial charge in [-0.1, -0.05) is 56.7 Å². The molecule has 1 unspecified atom stereocenters. The Morgan fingerprint density at radius 1 is 0.913 bits per heavy atom. The van der Waals surface area contributed by atoms with E-state index < -0.39 is 0 Å². The Morgan fingerprint density at radius 3 is 2.22 bits per heavy atom. The lowest BCUT2D eigenvalue weighted by molar-refractivity contribution is 0.680. The summed E-state index contributed by atoms with van der Waals surface area (Å²) in [6.45, 7) is 10.9. The third kappa shape index (κ3) is 3.87. The molecule has 0 heterocycles. The molecule has 2 heteroatoms. The molecule has 1 atom stereocenters. The van der Waals surface area contributed by atoms with E-state index in [1.165, 1.54) is 27.8 Å². The summed E-state index contributed by atoms with van der Waals surface area (Å²) < 4.78 is 0. The number of rotatable bonds is 5. The summed E-state index contributed by atoms with van der Waals surface area (Å²) in [4.78, 5) is 0. The topological polar surface area (TPSA) is 52.0 Å². The van der Waals surface area contributed by atoms with Crippen molar-refractivity contribution in [2.45, 2.75) is 59.3 Å². The van der Waals surface area contributed by atoms with Crippen molar-refractivity contribution in [3.05, 3.63) is 58.1 Å². The molecule has 2 aromatic rings. The highest BCUT2D eigenvalue weighted by atomic mass is 14.6. The SMILES string of the molecule is Cc1cc(C)c(N)c(CCC(C)c2cccc(C(C)C)c2N)c1. The maximum Gasteiger partial charge on any atom is 0.0384 e. The molecule has 0 saturated carbocycles. The van der Waals surface area contributed by atoms with Gasteiger partial charge in [-0.15, -0.1) is 0 Å². The Labute approximate surface area is 140 Å². The van der Waals surface area contributed by atoms with Crippen molar-refractivity contribution in [1.29, 1.82) is 0 Å². The molecule has 23 heavy (non-hydrogen) atoms. The number of hydrogen-bond donors (Lipinski definition) is 2. The van der Waals surface area contributed by atoms with Crippen LogP contribution >= 0.6 is 0 Å². The molecule has 0 bridgehead atoms. The normalized spacial score (nSPS) is 12.6. The van der Waals surface area contributed by atoms with Gasteiger partial charge in [0.15, 0.2) is 0 Å². The molecule has 0 radical (unpaired) electrons. The molecule has 124 valence electrons. The smallest absolute Gasteiger partial charge is 0.0384 e. The van der Waals surface area contributed by atoms with Gasteiger partial charge in [-0.25, -0.2) is 0 Å². The van der Waals surface area contributed by atoms with Crippen molar-refractivity contribution in [2.24, 2.45) is 0 Å². The lowest BCUT2D eigenvalue weighted by Gasteiger charge is -2.19. The van der Waals surface area contributed by atoms with Gasteiger partial charge >= 0.3 is 0 Å². The second kappa shape index (κ2) is 7.08. The Bertz CT molecular complexity index is 686. The van der Waals surface area contributed by atoms with Gasteiger partial charge < -0.3 is 11.5 Å². The molecule has 2 rings (SSSR count). The summed E-state index contributed by atoms with van der Waals surface area (Å²) in [5.74, 6) is 0.881. The predicted molar refractivity (Wildman–Crippen MR) is 102 cm³/mol. The van der Waals surface area contributed by atoms with Crippen LogP contribution in [0, 0.1) is 13.8 Å². The molecule has 0 amide bonds. The molecule has 0 aliphatic heterocycles. The van der Waals surface area contributed by atoms with E-state index in [0.29, 0.717) is 11.8 Å². The highest BCUT2D eigenvalue weighted by Gasteiger charge is 2.14.